The van der Waals surface area contributed by atoms with Gasteiger partial charge in [-0.25, -0.2) is 0 Å². The van der Waals surface area contributed by atoms with E-state index in [2.05, 4.69) is 5.32 Å². The largest absolute Gasteiger partial charge is 0.479 e. The van der Waals surface area contributed by atoms with E-state index in [0.29, 0.717) is 16.7 Å². The number of para-hydroxylation sites is 1. The molecule has 5 heteroatoms. The lowest BCUT2D eigenvalue weighted by Crippen LogP contribution is -2.39. The molecule has 2 atom stereocenters. The Bertz CT molecular complexity index is 467. The second-order valence-electron chi connectivity index (χ2n) is 5.19. The summed E-state index contributed by atoms with van der Waals surface area (Å²) in [7, 11) is 1.94. The minimum atomic E-state index is -0.511. The van der Waals surface area contributed by atoms with Gasteiger partial charge in [0.1, 0.15) is 5.75 Å². The summed E-state index contributed by atoms with van der Waals surface area (Å²) in [5.41, 5.74) is 0. The molecule has 1 aromatic carbocycles. The first-order valence-corrected chi connectivity index (χ1v) is 7.34. The van der Waals surface area contributed by atoms with Gasteiger partial charge in [-0.1, -0.05) is 23.7 Å². The molecule has 2 rings (SSSR count). The molecule has 1 aromatic rings. The van der Waals surface area contributed by atoms with E-state index in [-0.39, 0.29) is 5.91 Å². The number of nitrogens with zero attached hydrogens (tertiary/aromatic N) is 1. The predicted octanol–water partition coefficient (Wildman–Crippen LogP) is 2.18. The molecule has 1 saturated heterocycles. The van der Waals surface area contributed by atoms with Crippen molar-refractivity contribution in [3.8, 4) is 5.75 Å². The fourth-order valence-electron chi connectivity index (χ4n) is 2.53. The maximum atomic E-state index is 12.3. The minimum absolute atomic E-state index is 0.0310. The first kappa shape index (κ1) is 15.1. The number of benzene rings is 1. The van der Waals surface area contributed by atoms with Gasteiger partial charge in [-0.05, 0) is 45.0 Å². The predicted molar refractivity (Wildman–Crippen MR) is 80.2 cm³/mol. The molecule has 20 heavy (non-hydrogen) atoms. The van der Waals surface area contributed by atoms with Gasteiger partial charge in [0.05, 0.1) is 5.02 Å². The van der Waals surface area contributed by atoms with Crippen LogP contribution in [0, 0.1) is 5.92 Å². The number of hydrogen-bond donors (Lipinski definition) is 1. The molecule has 0 radical (unpaired) electrons. The van der Waals surface area contributed by atoms with Crippen molar-refractivity contribution in [1.29, 1.82) is 0 Å². The van der Waals surface area contributed by atoms with Crippen molar-refractivity contribution >= 4 is 17.5 Å². The highest BCUT2D eigenvalue weighted by atomic mass is 35.5. The number of hydrogen-bond acceptors (Lipinski definition) is 3. The lowest BCUT2D eigenvalue weighted by Gasteiger charge is -2.22. The monoisotopic (exact) mass is 296 g/mol. The molecule has 0 saturated carbocycles. The average molecular weight is 297 g/mol. The van der Waals surface area contributed by atoms with Crippen LogP contribution in [0.15, 0.2) is 24.3 Å². The van der Waals surface area contributed by atoms with E-state index in [0.717, 1.165) is 26.1 Å². The van der Waals surface area contributed by atoms with E-state index in [1.807, 2.05) is 24.1 Å². The first-order chi connectivity index (χ1) is 9.61. The Hall–Kier alpha value is -1.26. The van der Waals surface area contributed by atoms with Crippen molar-refractivity contribution in [1.82, 2.24) is 10.2 Å². The second kappa shape index (κ2) is 6.95. The molecular formula is C15H21ClN2O2. The van der Waals surface area contributed by atoms with E-state index in [9.17, 15) is 4.79 Å². The van der Waals surface area contributed by atoms with Gasteiger partial charge in [0.2, 0.25) is 0 Å². The Morgan fingerprint density at radius 1 is 1.55 bits per heavy atom. The molecule has 0 bridgehead atoms. The third-order valence-corrected chi connectivity index (χ3v) is 3.89. The Morgan fingerprint density at radius 3 is 3.00 bits per heavy atom. The number of ether oxygens (including phenoxy) is 1. The highest BCUT2D eigenvalue weighted by molar-refractivity contribution is 6.32. The molecular weight excluding hydrogens is 276 g/mol. The topological polar surface area (TPSA) is 41.6 Å². The third kappa shape index (κ3) is 3.64. The van der Waals surface area contributed by atoms with Crippen LogP contribution in [0.2, 0.25) is 5.02 Å². The molecule has 4 nitrogen and oxygen atoms in total. The van der Waals surface area contributed by atoms with Crippen LogP contribution in [0.1, 0.15) is 13.3 Å². The molecule has 1 N–H and O–H groups in total. The second-order valence-corrected chi connectivity index (χ2v) is 5.59. The van der Waals surface area contributed by atoms with E-state index in [1.165, 1.54) is 0 Å². The highest BCUT2D eigenvalue weighted by Crippen LogP contribution is 2.25. The summed E-state index contributed by atoms with van der Waals surface area (Å²) < 4.78 is 5.68. The van der Waals surface area contributed by atoms with E-state index >= 15 is 0 Å². The van der Waals surface area contributed by atoms with Gasteiger partial charge < -0.3 is 15.0 Å². The van der Waals surface area contributed by atoms with Crippen LogP contribution < -0.4 is 10.1 Å². The van der Waals surface area contributed by atoms with Crippen LogP contribution in [-0.4, -0.2) is 43.6 Å². The van der Waals surface area contributed by atoms with Crippen LogP contribution in [0.4, 0.5) is 0 Å². The molecule has 0 aliphatic carbocycles. The van der Waals surface area contributed by atoms with E-state index in [1.54, 1.807) is 19.1 Å². The molecule has 0 aromatic heterocycles. The van der Waals surface area contributed by atoms with E-state index in [4.69, 9.17) is 16.3 Å². The van der Waals surface area contributed by atoms with E-state index < -0.39 is 6.10 Å². The fraction of sp³-hybridized carbons (Fsp3) is 0.533. The minimum Gasteiger partial charge on any atom is -0.479 e. The van der Waals surface area contributed by atoms with Gasteiger partial charge in [0.15, 0.2) is 6.10 Å². The summed E-state index contributed by atoms with van der Waals surface area (Å²) in [6, 6.07) is 7.22. The zero-order chi connectivity index (χ0) is 14.5. The van der Waals surface area contributed by atoms with Gasteiger partial charge >= 0.3 is 0 Å². The highest BCUT2D eigenvalue weighted by Gasteiger charge is 2.29. The summed E-state index contributed by atoms with van der Waals surface area (Å²) in [6.07, 6.45) is 0.536. The van der Waals surface area contributed by atoms with Crippen molar-refractivity contribution in [2.24, 2.45) is 5.92 Å². The first-order valence-electron chi connectivity index (χ1n) is 6.96. The zero-order valence-electron chi connectivity index (χ0n) is 11.9. The maximum Gasteiger partial charge on any atom is 0.263 e. The Morgan fingerprint density at radius 2 is 2.30 bits per heavy atom. The van der Waals surface area contributed by atoms with Crippen molar-refractivity contribution in [3.05, 3.63) is 29.3 Å². The van der Waals surface area contributed by atoms with Crippen LogP contribution in [0.5, 0.6) is 5.75 Å². The SMILES string of the molecule is CNCC1CCN(C(=O)C(C)Oc2ccccc2Cl)C1. The molecule has 1 amide bonds. The quantitative estimate of drug-likeness (QED) is 0.905. The fourth-order valence-corrected chi connectivity index (χ4v) is 2.71. The van der Waals surface area contributed by atoms with Gasteiger partial charge in [0, 0.05) is 13.1 Å². The summed E-state index contributed by atoms with van der Waals surface area (Å²) in [5, 5.41) is 3.69. The van der Waals surface area contributed by atoms with Crippen LogP contribution in [0.3, 0.4) is 0 Å². The number of nitrogens with one attached hydrogen (secondary N) is 1. The van der Waals surface area contributed by atoms with Crippen LogP contribution in [0.25, 0.3) is 0 Å². The lowest BCUT2D eigenvalue weighted by atomic mass is 10.1. The summed E-state index contributed by atoms with van der Waals surface area (Å²) in [4.78, 5) is 14.2. The van der Waals surface area contributed by atoms with Crippen molar-refractivity contribution in [3.63, 3.8) is 0 Å². The van der Waals surface area contributed by atoms with Gasteiger partial charge in [-0.3, -0.25) is 4.79 Å². The molecule has 0 spiro atoms. The number of likely N-dealkylation sites (tertiary alicyclic amines) is 1. The summed E-state index contributed by atoms with van der Waals surface area (Å²) in [5.74, 6) is 1.13. The van der Waals surface area contributed by atoms with Gasteiger partial charge in [-0.15, -0.1) is 0 Å². The van der Waals surface area contributed by atoms with Crippen molar-refractivity contribution in [2.75, 3.05) is 26.7 Å². The number of rotatable bonds is 5. The third-order valence-electron chi connectivity index (χ3n) is 3.58. The van der Waals surface area contributed by atoms with Gasteiger partial charge in [-0.2, -0.15) is 0 Å². The van der Waals surface area contributed by atoms with Crippen LogP contribution >= 0.6 is 11.6 Å². The smallest absolute Gasteiger partial charge is 0.263 e. The van der Waals surface area contributed by atoms with Crippen molar-refractivity contribution < 1.29 is 9.53 Å². The normalized spacial score (nSPS) is 19.9. The summed E-state index contributed by atoms with van der Waals surface area (Å²) >= 11 is 6.04. The van der Waals surface area contributed by atoms with Crippen molar-refractivity contribution in [2.45, 2.75) is 19.4 Å². The molecule has 2 unspecified atom stereocenters. The standard InChI is InChI=1S/C15H21ClN2O2/c1-11(20-14-6-4-3-5-13(14)16)15(19)18-8-7-12(10-18)9-17-2/h3-6,11-12,17H,7-10H2,1-2H3. The maximum absolute atomic E-state index is 12.3. The molecule has 1 fully saturated rings. The molecule has 1 heterocycles. The number of amides is 1. The molecule has 110 valence electrons. The van der Waals surface area contributed by atoms with Gasteiger partial charge in [0.25, 0.3) is 5.91 Å². The Balaban J connectivity index is 1.91. The zero-order valence-corrected chi connectivity index (χ0v) is 12.7. The Labute approximate surface area is 125 Å². The summed E-state index contributed by atoms with van der Waals surface area (Å²) in [6.45, 7) is 4.33. The Kier molecular flexibility index (Phi) is 5.26. The molecule has 1 aliphatic rings. The number of carbonyl (C=O) groups is 1. The molecule has 1 aliphatic heterocycles. The number of halogens is 1. The average Bonchev–Trinajstić information content (AvgIpc) is 2.89. The lowest BCUT2D eigenvalue weighted by molar-refractivity contribution is -0.136. The number of carbonyl (C=O) groups excluding carboxylic acids is 1. The van der Waals surface area contributed by atoms with Crippen LogP contribution in [-0.2, 0) is 4.79 Å².